The fraction of sp³-hybridized carbons (Fsp3) is 0.480. The zero-order valence-electron chi connectivity index (χ0n) is 18.8. The molecule has 1 spiro atoms. The number of ketones is 1. The lowest BCUT2D eigenvalue weighted by molar-refractivity contribution is -0.131. The predicted octanol–water partition coefficient (Wildman–Crippen LogP) is 3.81. The molecule has 1 aromatic heterocycles. The largest absolute Gasteiger partial charge is 0.348 e. The first-order valence-corrected chi connectivity index (χ1v) is 11.1. The molecule has 2 aromatic rings. The number of carbonyl (C=O) groups is 3. The van der Waals surface area contributed by atoms with E-state index >= 15 is 0 Å². The van der Waals surface area contributed by atoms with Crippen molar-refractivity contribution >= 4 is 17.7 Å². The standard InChI is InChI=1S/C25H31N3O3/c1-16(2)10-12-27-17(3)13-21(18(27)4)22(29)15-28-23(30)25(26-24(28)31)11-9-19-7-5-6-8-20(19)14-25/h5-8,13,16H,9-12,14-15H2,1-4H3,(H,26,31)/t25-/m0/s1. The second-order valence-electron chi connectivity index (χ2n) is 9.39. The summed E-state index contributed by atoms with van der Waals surface area (Å²) in [5.41, 5.74) is 3.90. The second-order valence-corrected chi connectivity index (χ2v) is 9.39. The summed E-state index contributed by atoms with van der Waals surface area (Å²) in [7, 11) is 0. The molecular formula is C25H31N3O3. The van der Waals surface area contributed by atoms with E-state index in [0.717, 1.165) is 41.2 Å². The smallest absolute Gasteiger partial charge is 0.325 e. The van der Waals surface area contributed by atoms with Gasteiger partial charge in [-0.15, -0.1) is 0 Å². The lowest BCUT2D eigenvalue weighted by atomic mass is 9.78. The Morgan fingerprint density at radius 2 is 1.87 bits per heavy atom. The van der Waals surface area contributed by atoms with Crippen LogP contribution in [0.4, 0.5) is 4.79 Å². The number of urea groups is 1. The number of nitrogens with one attached hydrogen (secondary N) is 1. The van der Waals surface area contributed by atoms with Crippen LogP contribution in [-0.2, 0) is 24.2 Å². The number of imide groups is 1. The van der Waals surface area contributed by atoms with Gasteiger partial charge < -0.3 is 9.88 Å². The molecule has 4 rings (SSSR count). The van der Waals surface area contributed by atoms with Crippen LogP contribution in [-0.4, -0.2) is 39.3 Å². The van der Waals surface area contributed by atoms with E-state index < -0.39 is 11.6 Å². The van der Waals surface area contributed by atoms with E-state index in [4.69, 9.17) is 0 Å². The SMILES string of the molecule is Cc1cc(C(=O)CN2C(=O)N[C@]3(CCc4ccccc4C3)C2=O)c(C)n1CCC(C)C. The summed E-state index contributed by atoms with van der Waals surface area (Å²) in [6, 6.07) is 9.44. The van der Waals surface area contributed by atoms with Crippen molar-refractivity contribution in [2.24, 2.45) is 5.92 Å². The number of amides is 3. The van der Waals surface area contributed by atoms with Crippen molar-refractivity contribution in [2.75, 3.05) is 6.54 Å². The highest BCUT2D eigenvalue weighted by atomic mass is 16.2. The Morgan fingerprint density at radius 1 is 1.16 bits per heavy atom. The minimum atomic E-state index is -0.931. The molecule has 1 saturated heterocycles. The summed E-state index contributed by atoms with van der Waals surface area (Å²) in [5.74, 6) is 0.0951. The monoisotopic (exact) mass is 421 g/mol. The van der Waals surface area contributed by atoms with Crippen molar-refractivity contribution in [2.45, 2.75) is 65.5 Å². The molecule has 3 amide bonds. The Morgan fingerprint density at radius 3 is 2.58 bits per heavy atom. The van der Waals surface area contributed by atoms with Crippen molar-refractivity contribution in [1.29, 1.82) is 0 Å². The number of benzene rings is 1. The third kappa shape index (κ3) is 3.80. The first-order chi connectivity index (χ1) is 14.7. The van der Waals surface area contributed by atoms with Gasteiger partial charge in [-0.1, -0.05) is 38.1 Å². The van der Waals surface area contributed by atoms with Gasteiger partial charge in [-0.3, -0.25) is 14.5 Å². The Hall–Kier alpha value is -2.89. The van der Waals surface area contributed by atoms with E-state index in [1.165, 1.54) is 5.56 Å². The molecule has 1 aliphatic carbocycles. The van der Waals surface area contributed by atoms with E-state index in [1.54, 1.807) is 0 Å². The molecule has 164 valence electrons. The predicted molar refractivity (Wildman–Crippen MR) is 119 cm³/mol. The van der Waals surface area contributed by atoms with E-state index in [-0.39, 0.29) is 18.2 Å². The van der Waals surface area contributed by atoms with Crippen LogP contribution < -0.4 is 5.32 Å². The molecule has 0 radical (unpaired) electrons. The zero-order valence-corrected chi connectivity index (χ0v) is 18.8. The van der Waals surface area contributed by atoms with Crippen LogP contribution in [0.3, 0.4) is 0 Å². The zero-order chi connectivity index (χ0) is 22.3. The number of nitrogens with zero attached hydrogens (tertiary/aromatic N) is 2. The summed E-state index contributed by atoms with van der Waals surface area (Å²) in [6.45, 7) is 8.92. The second kappa shape index (κ2) is 7.98. The summed E-state index contributed by atoms with van der Waals surface area (Å²) < 4.78 is 2.15. The Balaban J connectivity index is 1.52. The van der Waals surface area contributed by atoms with E-state index in [0.29, 0.717) is 24.3 Å². The van der Waals surface area contributed by atoms with Crippen molar-refractivity contribution in [3.8, 4) is 0 Å². The molecule has 6 nitrogen and oxygen atoms in total. The number of Topliss-reactive ketones (excluding diaryl/α,β-unsaturated/α-hetero) is 1. The maximum Gasteiger partial charge on any atom is 0.325 e. The first kappa shape index (κ1) is 21.3. The first-order valence-electron chi connectivity index (χ1n) is 11.1. The molecule has 2 aliphatic rings. The molecule has 0 unspecified atom stereocenters. The Kier molecular flexibility index (Phi) is 5.50. The summed E-state index contributed by atoms with van der Waals surface area (Å²) in [6.07, 6.45) is 2.80. The third-order valence-electron chi connectivity index (χ3n) is 6.78. The molecule has 1 N–H and O–H groups in total. The van der Waals surface area contributed by atoms with E-state index in [1.807, 2.05) is 38.1 Å². The molecule has 1 aromatic carbocycles. The van der Waals surface area contributed by atoms with Crippen LogP contribution in [0.2, 0.25) is 0 Å². The molecule has 1 aliphatic heterocycles. The summed E-state index contributed by atoms with van der Waals surface area (Å²) in [4.78, 5) is 40.2. The molecule has 1 atom stereocenters. The van der Waals surface area contributed by atoms with Crippen LogP contribution in [0.25, 0.3) is 0 Å². The van der Waals surface area contributed by atoms with E-state index in [2.05, 4.69) is 29.8 Å². The molecule has 0 saturated carbocycles. The normalized spacial score (nSPS) is 20.5. The van der Waals surface area contributed by atoms with Gasteiger partial charge in [0.05, 0.1) is 6.54 Å². The van der Waals surface area contributed by atoms with Crippen LogP contribution >= 0.6 is 0 Å². The van der Waals surface area contributed by atoms with Gasteiger partial charge in [0.1, 0.15) is 5.54 Å². The van der Waals surface area contributed by atoms with Crippen molar-refractivity contribution in [3.63, 3.8) is 0 Å². The van der Waals surface area contributed by atoms with Crippen LogP contribution in [0, 0.1) is 19.8 Å². The maximum atomic E-state index is 13.3. The molecule has 0 bridgehead atoms. The minimum Gasteiger partial charge on any atom is -0.348 e. The average Bonchev–Trinajstić information content (AvgIpc) is 3.13. The fourth-order valence-corrected chi connectivity index (χ4v) is 4.89. The van der Waals surface area contributed by atoms with Crippen LogP contribution in [0.5, 0.6) is 0 Å². The highest BCUT2D eigenvalue weighted by Gasteiger charge is 2.52. The number of hydrogen-bond acceptors (Lipinski definition) is 3. The van der Waals surface area contributed by atoms with Crippen molar-refractivity contribution in [1.82, 2.24) is 14.8 Å². The van der Waals surface area contributed by atoms with Gasteiger partial charge in [-0.25, -0.2) is 4.79 Å². The van der Waals surface area contributed by atoms with Gasteiger partial charge in [0.25, 0.3) is 5.91 Å². The lowest BCUT2D eigenvalue weighted by Gasteiger charge is -2.32. The number of fused-ring (bicyclic) bond motifs is 1. The highest BCUT2D eigenvalue weighted by molar-refractivity contribution is 6.11. The van der Waals surface area contributed by atoms with Gasteiger partial charge in [-0.2, -0.15) is 0 Å². The molecule has 31 heavy (non-hydrogen) atoms. The lowest BCUT2D eigenvalue weighted by Crippen LogP contribution is -2.51. The Labute approximate surface area is 183 Å². The third-order valence-corrected chi connectivity index (χ3v) is 6.78. The van der Waals surface area contributed by atoms with Crippen LogP contribution in [0.1, 0.15) is 59.6 Å². The fourth-order valence-electron chi connectivity index (χ4n) is 4.89. The molecule has 1 fully saturated rings. The van der Waals surface area contributed by atoms with E-state index in [9.17, 15) is 14.4 Å². The maximum absolute atomic E-state index is 13.3. The number of aromatic nitrogens is 1. The van der Waals surface area contributed by atoms with Crippen molar-refractivity contribution < 1.29 is 14.4 Å². The number of aryl methyl sites for hydroxylation is 2. The molecule has 2 heterocycles. The molecular weight excluding hydrogens is 390 g/mol. The summed E-state index contributed by atoms with van der Waals surface area (Å²) >= 11 is 0. The van der Waals surface area contributed by atoms with Crippen LogP contribution in [0.15, 0.2) is 30.3 Å². The van der Waals surface area contributed by atoms with Gasteiger partial charge >= 0.3 is 6.03 Å². The van der Waals surface area contributed by atoms with Gasteiger partial charge in [0.2, 0.25) is 0 Å². The van der Waals surface area contributed by atoms with Gasteiger partial charge in [-0.05, 0) is 56.2 Å². The summed E-state index contributed by atoms with van der Waals surface area (Å²) in [5, 5.41) is 2.91. The quantitative estimate of drug-likeness (QED) is 0.569. The van der Waals surface area contributed by atoms with Gasteiger partial charge in [0.15, 0.2) is 5.78 Å². The van der Waals surface area contributed by atoms with Crippen molar-refractivity contribution in [3.05, 3.63) is 58.4 Å². The minimum absolute atomic E-state index is 0.194. The average molecular weight is 422 g/mol. The number of hydrogen-bond donors (Lipinski definition) is 1. The topological polar surface area (TPSA) is 71.4 Å². The Bertz CT molecular complexity index is 1050. The number of carbonyl (C=O) groups excluding carboxylic acids is 3. The molecule has 6 heteroatoms. The van der Waals surface area contributed by atoms with Gasteiger partial charge in [0, 0.05) is 29.9 Å². The number of rotatable bonds is 6. The highest BCUT2D eigenvalue weighted by Crippen LogP contribution is 2.33.